The highest BCUT2D eigenvalue weighted by molar-refractivity contribution is 7.89. The Morgan fingerprint density at radius 2 is 2.12 bits per heavy atom. The van der Waals surface area contributed by atoms with Crippen molar-refractivity contribution in [1.82, 2.24) is 10.6 Å². The van der Waals surface area contributed by atoms with Crippen molar-refractivity contribution in [2.45, 2.75) is 41.9 Å². The number of piperidine rings is 1. The molecule has 8 nitrogen and oxygen atoms in total. The van der Waals surface area contributed by atoms with Crippen LogP contribution in [0.3, 0.4) is 0 Å². The molecule has 5 N–H and O–H groups in total. The molecule has 2 fully saturated rings. The van der Waals surface area contributed by atoms with E-state index in [1.807, 2.05) is 0 Å². The van der Waals surface area contributed by atoms with Crippen molar-refractivity contribution in [3.63, 3.8) is 0 Å². The summed E-state index contributed by atoms with van der Waals surface area (Å²) >= 11 is 0. The minimum Gasteiger partial charge on any atom is -0.489 e. The molecular formula is C17H27N3O5S. The molecule has 3 rings (SSSR count). The van der Waals surface area contributed by atoms with Gasteiger partial charge in [-0.15, -0.1) is 0 Å². The van der Waals surface area contributed by atoms with E-state index in [4.69, 9.17) is 14.6 Å². The zero-order valence-electron chi connectivity index (χ0n) is 14.7. The first kappa shape index (κ1) is 19.5. The van der Waals surface area contributed by atoms with E-state index in [-0.39, 0.29) is 28.9 Å². The second kappa shape index (κ2) is 8.20. The summed E-state index contributed by atoms with van der Waals surface area (Å²) in [5, 5.41) is 22.0. The van der Waals surface area contributed by atoms with Crippen molar-refractivity contribution in [3.05, 3.63) is 24.3 Å². The van der Waals surface area contributed by atoms with E-state index >= 15 is 0 Å². The number of aliphatic hydroxyl groups is 1. The number of hydrogen-bond donors (Lipinski definition) is 4. The van der Waals surface area contributed by atoms with Crippen LogP contribution in [0.5, 0.6) is 5.75 Å². The van der Waals surface area contributed by atoms with Gasteiger partial charge in [-0.1, -0.05) is 12.1 Å². The number of aliphatic hydroxyl groups excluding tert-OH is 1. The van der Waals surface area contributed by atoms with Gasteiger partial charge in [0.05, 0.1) is 12.2 Å². The Balaban J connectivity index is 1.45. The molecule has 0 saturated carbocycles. The summed E-state index contributed by atoms with van der Waals surface area (Å²) in [6.45, 7) is 2.92. The van der Waals surface area contributed by atoms with Gasteiger partial charge < -0.3 is 25.2 Å². The van der Waals surface area contributed by atoms with Crippen molar-refractivity contribution in [2.24, 2.45) is 5.14 Å². The summed E-state index contributed by atoms with van der Waals surface area (Å²) in [4.78, 5) is -0.0859. The van der Waals surface area contributed by atoms with E-state index < -0.39 is 16.1 Å². The van der Waals surface area contributed by atoms with Gasteiger partial charge in [0.15, 0.2) is 0 Å². The molecule has 2 atom stereocenters. The molecule has 1 spiro atoms. The Hall–Kier alpha value is -1.23. The Morgan fingerprint density at radius 1 is 1.38 bits per heavy atom. The number of rotatable bonds is 7. The number of primary sulfonamides is 1. The van der Waals surface area contributed by atoms with E-state index in [0.717, 1.165) is 32.4 Å². The lowest BCUT2D eigenvalue weighted by atomic mass is 9.88. The molecule has 0 radical (unpaired) electrons. The minimum absolute atomic E-state index is 0.0256. The average Bonchev–Trinajstić information content (AvgIpc) is 3.00. The molecule has 0 aromatic heterocycles. The molecule has 2 heterocycles. The van der Waals surface area contributed by atoms with Crippen LogP contribution in [-0.4, -0.2) is 64.1 Å². The van der Waals surface area contributed by atoms with Crippen LogP contribution in [0.4, 0.5) is 0 Å². The minimum atomic E-state index is -3.87. The van der Waals surface area contributed by atoms with Gasteiger partial charge in [-0.05, 0) is 44.5 Å². The summed E-state index contributed by atoms with van der Waals surface area (Å²) < 4.78 is 34.6. The third-order valence-corrected chi connectivity index (χ3v) is 5.90. The molecule has 1 aromatic rings. The Kier molecular flexibility index (Phi) is 6.16. The van der Waals surface area contributed by atoms with E-state index in [1.165, 1.54) is 12.1 Å². The first-order valence-electron chi connectivity index (χ1n) is 8.89. The predicted octanol–water partition coefficient (Wildman–Crippen LogP) is -0.426. The van der Waals surface area contributed by atoms with Crippen molar-refractivity contribution in [1.29, 1.82) is 0 Å². The van der Waals surface area contributed by atoms with Gasteiger partial charge in [0.1, 0.15) is 23.4 Å². The normalized spacial score (nSPS) is 23.8. The molecule has 0 aliphatic carbocycles. The summed E-state index contributed by atoms with van der Waals surface area (Å²) in [7, 11) is -3.87. The average molecular weight is 385 g/mol. The first-order chi connectivity index (χ1) is 12.4. The highest BCUT2D eigenvalue weighted by Gasteiger charge is 2.40. The molecule has 1 unspecified atom stereocenters. The monoisotopic (exact) mass is 385 g/mol. The van der Waals surface area contributed by atoms with Crippen LogP contribution >= 0.6 is 0 Å². The predicted molar refractivity (Wildman–Crippen MR) is 96.5 cm³/mol. The SMILES string of the molecule is NS(=O)(=O)c1ccccc1OCC(O)CN[C@@H]1COC2(CCNCC2)C1. The number of nitrogens with one attached hydrogen (secondary N) is 2. The van der Waals surface area contributed by atoms with Crippen LogP contribution in [0.25, 0.3) is 0 Å². The summed E-state index contributed by atoms with van der Waals surface area (Å²) in [6, 6.07) is 6.33. The summed E-state index contributed by atoms with van der Waals surface area (Å²) in [5.74, 6) is 0.145. The number of sulfonamides is 1. The van der Waals surface area contributed by atoms with Crippen molar-refractivity contribution >= 4 is 10.0 Å². The molecule has 2 aliphatic rings. The van der Waals surface area contributed by atoms with Crippen LogP contribution in [0.1, 0.15) is 19.3 Å². The quantitative estimate of drug-likeness (QED) is 0.502. The number of benzene rings is 1. The van der Waals surface area contributed by atoms with Crippen LogP contribution in [-0.2, 0) is 14.8 Å². The van der Waals surface area contributed by atoms with Crippen LogP contribution < -0.4 is 20.5 Å². The molecule has 26 heavy (non-hydrogen) atoms. The van der Waals surface area contributed by atoms with E-state index in [0.29, 0.717) is 13.2 Å². The summed E-state index contributed by atoms with van der Waals surface area (Å²) in [5.41, 5.74) is -0.0290. The number of para-hydroxylation sites is 1. The first-order valence-corrected chi connectivity index (χ1v) is 10.4. The maximum absolute atomic E-state index is 11.6. The lowest BCUT2D eigenvalue weighted by Crippen LogP contribution is -2.43. The largest absolute Gasteiger partial charge is 0.489 e. The van der Waals surface area contributed by atoms with E-state index in [2.05, 4.69) is 10.6 Å². The molecule has 2 aliphatic heterocycles. The maximum Gasteiger partial charge on any atom is 0.241 e. The molecule has 1 aromatic carbocycles. The Bertz CT molecular complexity index is 706. The molecule has 146 valence electrons. The van der Waals surface area contributed by atoms with Crippen molar-refractivity contribution in [2.75, 3.05) is 32.8 Å². The highest BCUT2D eigenvalue weighted by atomic mass is 32.2. The Morgan fingerprint density at radius 3 is 2.85 bits per heavy atom. The van der Waals surface area contributed by atoms with Gasteiger partial charge in [-0.3, -0.25) is 0 Å². The number of nitrogens with two attached hydrogens (primary N) is 1. The topological polar surface area (TPSA) is 123 Å². The third kappa shape index (κ3) is 4.93. The molecule has 9 heteroatoms. The fraction of sp³-hybridized carbons (Fsp3) is 0.647. The third-order valence-electron chi connectivity index (χ3n) is 4.95. The fourth-order valence-electron chi connectivity index (χ4n) is 3.56. The molecular weight excluding hydrogens is 358 g/mol. The number of hydrogen-bond acceptors (Lipinski definition) is 7. The van der Waals surface area contributed by atoms with Gasteiger partial charge in [0, 0.05) is 12.6 Å². The fourth-order valence-corrected chi connectivity index (χ4v) is 4.23. The molecule has 0 bridgehead atoms. The lowest BCUT2D eigenvalue weighted by molar-refractivity contribution is -0.0194. The van der Waals surface area contributed by atoms with Gasteiger partial charge in [0.2, 0.25) is 10.0 Å². The van der Waals surface area contributed by atoms with E-state index in [1.54, 1.807) is 12.1 Å². The zero-order chi connectivity index (χ0) is 18.6. The molecule has 0 amide bonds. The van der Waals surface area contributed by atoms with E-state index in [9.17, 15) is 13.5 Å². The van der Waals surface area contributed by atoms with Gasteiger partial charge in [-0.25, -0.2) is 13.6 Å². The van der Waals surface area contributed by atoms with Gasteiger partial charge in [0.25, 0.3) is 0 Å². The van der Waals surface area contributed by atoms with Gasteiger partial charge in [-0.2, -0.15) is 0 Å². The second-order valence-electron chi connectivity index (χ2n) is 7.01. The Labute approximate surface area is 154 Å². The van der Waals surface area contributed by atoms with Crippen LogP contribution in [0, 0.1) is 0 Å². The summed E-state index contributed by atoms with van der Waals surface area (Å²) in [6.07, 6.45) is 2.20. The second-order valence-corrected chi connectivity index (χ2v) is 8.54. The van der Waals surface area contributed by atoms with Crippen molar-refractivity contribution in [3.8, 4) is 5.75 Å². The highest BCUT2D eigenvalue weighted by Crippen LogP contribution is 2.33. The lowest BCUT2D eigenvalue weighted by Gasteiger charge is -2.33. The van der Waals surface area contributed by atoms with Crippen LogP contribution in [0.2, 0.25) is 0 Å². The zero-order valence-corrected chi connectivity index (χ0v) is 15.5. The smallest absolute Gasteiger partial charge is 0.241 e. The molecule has 2 saturated heterocycles. The number of ether oxygens (including phenoxy) is 2. The standard InChI is InChI=1S/C17H27N3O5S/c18-26(22,23)16-4-2-1-3-15(16)24-12-14(21)10-20-13-9-17(25-11-13)5-7-19-8-6-17/h1-4,13-14,19-21H,5-12H2,(H2,18,22,23)/t13-,14?/m0/s1. The van der Waals surface area contributed by atoms with Crippen molar-refractivity contribution < 1.29 is 23.0 Å². The van der Waals surface area contributed by atoms with Gasteiger partial charge >= 0.3 is 0 Å². The maximum atomic E-state index is 11.6. The van der Waals surface area contributed by atoms with Crippen LogP contribution in [0.15, 0.2) is 29.2 Å².